The Morgan fingerprint density at radius 3 is 2.42 bits per heavy atom. The summed E-state index contributed by atoms with van der Waals surface area (Å²) in [5.41, 5.74) is 2.77. The first-order valence-electron chi connectivity index (χ1n) is 13.1. The van der Waals surface area contributed by atoms with Crippen molar-refractivity contribution in [2.75, 3.05) is 30.2 Å². The normalized spacial score (nSPS) is 25.0. The second-order valence-corrected chi connectivity index (χ2v) is 10.2. The summed E-state index contributed by atoms with van der Waals surface area (Å²) in [6.07, 6.45) is 3.74. The Morgan fingerprint density at radius 2 is 1.52 bits per heavy atom. The predicted octanol–water partition coefficient (Wildman–Crippen LogP) is 3.34. The standard InChI is InChI=1S/C30H23N3O7/c34-28(31-17-5-7-21-22(13-17)40-15-39-21)27-25-24(26-19-4-2-1-3-16(19)9-10-32(26)27)29(35)33(30(25)36)18-6-8-20-23(14-18)38-12-11-37-20/h1-10,13-14,24-27H,11-12,15H2,(H,31,34)/t24-,25+,26?,27-/m0/s1. The molecule has 1 N–H and O–H groups in total. The van der Waals surface area contributed by atoms with Crippen LogP contribution in [0.4, 0.5) is 11.4 Å². The number of nitrogens with zero attached hydrogens (tertiary/aromatic N) is 2. The maximum atomic E-state index is 14.1. The summed E-state index contributed by atoms with van der Waals surface area (Å²) in [4.78, 5) is 45.2. The lowest BCUT2D eigenvalue weighted by molar-refractivity contribution is -0.128. The van der Waals surface area contributed by atoms with E-state index in [0.29, 0.717) is 47.6 Å². The molecule has 1 unspecified atom stereocenters. The van der Waals surface area contributed by atoms with Gasteiger partial charge < -0.3 is 29.2 Å². The number of amides is 3. The quantitative estimate of drug-likeness (QED) is 0.507. The average molecular weight is 538 g/mol. The smallest absolute Gasteiger partial charge is 0.247 e. The van der Waals surface area contributed by atoms with Gasteiger partial charge in [0.15, 0.2) is 23.0 Å². The zero-order chi connectivity index (χ0) is 27.0. The molecule has 3 amide bonds. The fraction of sp³-hybridized carbons (Fsp3) is 0.233. The third-order valence-electron chi connectivity index (χ3n) is 8.15. The van der Waals surface area contributed by atoms with Crippen molar-refractivity contribution >= 4 is 35.2 Å². The van der Waals surface area contributed by atoms with Gasteiger partial charge in [-0.15, -0.1) is 0 Å². The first-order valence-corrected chi connectivity index (χ1v) is 13.1. The molecule has 10 nitrogen and oxygen atoms in total. The molecule has 200 valence electrons. The van der Waals surface area contributed by atoms with Crippen LogP contribution in [-0.2, 0) is 14.4 Å². The van der Waals surface area contributed by atoms with Gasteiger partial charge in [0, 0.05) is 24.0 Å². The van der Waals surface area contributed by atoms with E-state index in [9.17, 15) is 14.4 Å². The Hall–Kier alpha value is -4.99. The maximum absolute atomic E-state index is 14.1. The largest absolute Gasteiger partial charge is 0.486 e. The summed E-state index contributed by atoms with van der Waals surface area (Å²) in [6, 6.07) is 16.5. The molecule has 0 saturated carbocycles. The molecule has 5 aliphatic rings. The summed E-state index contributed by atoms with van der Waals surface area (Å²) >= 11 is 0. The third kappa shape index (κ3) is 3.25. The molecular weight excluding hydrogens is 514 g/mol. The highest BCUT2D eigenvalue weighted by atomic mass is 16.7. The number of carbonyl (C=O) groups excluding carboxylic acids is 3. The number of carbonyl (C=O) groups is 3. The van der Waals surface area contributed by atoms with Crippen molar-refractivity contribution in [2.45, 2.75) is 12.1 Å². The third-order valence-corrected chi connectivity index (χ3v) is 8.15. The number of ether oxygens (including phenoxy) is 4. The minimum absolute atomic E-state index is 0.116. The van der Waals surface area contributed by atoms with E-state index in [-0.39, 0.29) is 18.6 Å². The van der Waals surface area contributed by atoms with Gasteiger partial charge in [-0.1, -0.05) is 24.3 Å². The van der Waals surface area contributed by atoms with Crippen LogP contribution in [0.5, 0.6) is 23.0 Å². The van der Waals surface area contributed by atoms with Crippen LogP contribution in [0.2, 0.25) is 0 Å². The second-order valence-electron chi connectivity index (χ2n) is 10.2. The van der Waals surface area contributed by atoms with Crippen molar-refractivity contribution in [1.29, 1.82) is 0 Å². The predicted molar refractivity (Wildman–Crippen MR) is 142 cm³/mol. The molecule has 3 aromatic rings. The number of hydrogen-bond donors (Lipinski definition) is 1. The Bertz CT molecular complexity index is 1640. The van der Waals surface area contributed by atoms with Gasteiger partial charge in [-0.2, -0.15) is 0 Å². The fourth-order valence-electron chi connectivity index (χ4n) is 6.47. The molecule has 5 aliphatic heterocycles. The number of hydrogen-bond acceptors (Lipinski definition) is 8. The highest BCUT2D eigenvalue weighted by Crippen LogP contribution is 2.53. The van der Waals surface area contributed by atoms with Crippen molar-refractivity contribution in [2.24, 2.45) is 11.8 Å². The lowest BCUT2D eigenvalue weighted by Gasteiger charge is -2.35. The minimum Gasteiger partial charge on any atom is -0.486 e. The number of anilines is 2. The SMILES string of the molecule is O=C(Nc1ccc2c(c1)OCO2)[C@@H]1[C@@H]2C(=O)N(c3ccc4c(c3)OCCO4)C(=O)[C@@H]2C2c3ccccc3C=CN21. The van der Waals surface area contributed by atoms with Crippen molar-refractivity contribution < 1.29 is 33.3 Å². The van der Waals surface area contributed by atoms with Crippen LogP contribution >= 0.6 is 0 Å². The Morgan fingerprint density at radius 1 is 0.800 bits per heavy atom. The summed E-state index contributed by atoms with van der Waals surface area (Å²) in [6.45, 7) is 0.930. The molecule has 0 aliphatic carbocycles. The van der Waals surface area contributed by atoms with Crippen LogP contribution in [-0.4, -0.2) is 48.7 Å². The molecule has 4 atom stereocenters. The lowest BCUT2D eigenvalue weighted by Crippen LogP contribution is -2.46. The minimum atomic E-state index is -0.913. The average Bonchev–Trinajstić information content (AvgIpc) is 3.65. The number of rotatable bonds is 3. The van der Waals surface area contributed by atoms with Crippen molar-refractivity contribution in [1.82, 2.24) is 4.90 Å². The summed E-state index contributed by atoms with van der Waals surface area (Å²) in [5.74, 6) is -0.618. The monoisotopic (exact) mass is 537 g/mol. The Kier molecular flexibility index (Phi) is 4.88. The molecule has 3 aromatic carbocycles. The molecule has 0 spiro atoms. The number of fused-ring (bicyclic) bond motifs is 7. The molecular formula is C30H23N3O7. The second kappa shape index (κ2) is 8.51. The van der Waals surface area contributed by atoms with Gasteiger partial charge in [0.05, 0.1) is 23.6 Å². The molecule has 0 bridgehead atoms. The molecule has 2 saturated heterocycles. The Labute approximate surface area is 228 Å². The van der Waals surface area contributed by atoms with Crippen molar-refractivity contribution in [3.63, 3.8) is 0 Å². The zero-order valence-corrected chi connectivity index (χ0v) is 21.1. The van der Waals surface area contributed by atoms with Gasteiger partial charge in [-0.25, -0.2) is 4.90 Å². The molecule has 8 rings (SSSR count). The van der Waals surface area contributed by atoms with Gasteiger partial charge in [0.2, 0.25) is 24.5 Å². The fourth-order valence-corrected chi connectivity index (χ4v) is 6.47. The summed E-state index contributed by atoms with van der Waals surface area (Å²) in [5, 5.41) is 2.95. The van der Waals surface area contributed by atoms with Crippen molar-refractivity contribution in [3.8, 4) is 23.0 Å². The van der Waals surface area contributed by atoms with Gasteiger partial charge in [0.1, 0.15) is 19.3 Å². The number of imide groups is 1. The highest BCUT2D eigenvalue weighted by Gasteiger charge is 2.64. The molecule has 5 heterocycles. The number of benzene rings is 3. The lowest BCUT2D eigenvalue weighted by atomic mass is 9.84. The van der Waals surface area contributed by atoms with Crippen LogP contribution in [0.1, 0.15) is 17.2 Å². The van der Waals surface area contributed by atoms with Crippen LogP contribution in [0, 0.1) is 11.8 Å². The van der Waals surface area contributed by atoms with Crippen LogP contribution in [0.3, 0.4) is 0 Å². The van der Waals surface area contributed by atoms with Crippen molar-refractivity contribution in [3.05, 3.63) is 78.0 Å². The van der Waals surface area contributed by atoms with Crippen LogP contribution < -0.4 is 29.2 Å². The van der Waals surface area contributed by atoms with E-state index in [4.69, 9.17) is 18.9 Å². The Balaban J connectivity index is 1.19. The molecule has 0 radical (unpaired) electrons. The van der Waals surface area contributed by atoms with Gasteiger partial charge >= 0.3 is 0 Å². The molecule has 40 heavy (non-hydrogen) atoms. The van der Waals surface area contributed by atoms with Gasteiger partial charge in [-0.05, 0) is 41.5 Å². The van der Waals surface area contributed by atoms with Gasteiger partial charge in [0.25, 0.3) is 0 Å². The van der Waals surface area contributed by atoms with Gasteiger partial charge in [-0.3, -0.25) is 14.4 Å². The topological polar surface area (TPSA) is 107 Å². The van der Waals surface area contributed by atoms with E-state index in [0.717, 1.165) is 11.1 Å². The van der Waals surface area contributed by atoms with Crippen LogP contribution in [0.25, 0.3) is 6.08 Å². The maximum Gasteiger partial charge on any atom is 0.247 e. The van der Waals surface area contributed by atoms with E-state index in [1.165, 1.54) is 4.90 Å². The molecule has 10 heteroatoms. The zero-order valence-electron chi connectivity index (χ0n) is 21.1. The van der Waals surface area contributed by atoms with Crippen LogP contribution in [0.15, 0.2) is 66.9 Å². The van der Waals surface area contributed by atoms with E-state index in [1.807, 2.05) is 41.4 Å². The summed E-state index contributed by atoms with van der Waals surface area (Å²) < 4.78 is 22.1. The van der Waals surface area contributed by atoms with E-state index < -0.39 is 29.8 Å². The van der Waals surface area contributed by atoms with E-state index in [1.54, 1.807) is 36.4 Å². The number of nitrogens with one attached hydrogen (secondary N) is 1. The van der Waals surface area contributed by atoms with E-state index >= 15 is 0 Å². The van der Waals surface area contributed by atoms with E-state index in [2.05, 4.69) is 5.32 Å². The first kappa shape index (κ1) is 22.9. The first-order chi connectivity index (χ1) is 19.6. The molecule has 2 fully saturated rings. The molecule has 0 aromatic heterocycles. The highest BCUT2D eigenvalue weighted by molar-refractivity contribution is 6.24. The summed E-state index contributed by atoms with van der Waals surface area (Å²) in [7, 11) is 0.